The van der Waals surface area contributed by atoms with Crippen molar-refractivity contribution in [1.29, 1.82) is 0 Å². The summed E-state index contributed by atoms with van der Waals surface area (Å²) in [5, 5.41) is 7.28. The molecule has 0 spiro atoms. The Kier molecular flexibility index (Phi) is 8.36. The largest absolute Gasteiger partial charge is 0.497 e. The fraction of sp³-hybridized carbons (Fsp3) is 0.696. The van der Waals surface area contributed by atoms with Gasteiger partial charge in [-0.05, 0) is 56.3 Å². The normalized spacial score (nSPS) is 20.0. The number of methoxy groups -OCH3 is 2. The van der Waals surface area contributed by atoms with Gasteiger partial charge in [0.25, 0.3) is 0 Å². The maximum absolute atomic E-state index is 5.42. The van der Waals surface area contributed by atoms with Gasteiger partial charge < -0.3 is 25.0 Å². The van der Waals surface area contributed by atoms with Gasteiger partial charge in [-0.1, -0.05) is 0 Å². The van der Waals surface area contributed by atoms with Crippen LogP contribution in [0.15, 0.2) is 23.2 Å². The average Bonchev–Trinajstić information content (AvgIpc) is 3.67. The summed E-state index contributed by atoms with van der Waals surface area (Å²) in [5.74, 6) is 5.44. The molecule has 30 heavy (non-hydrogen) atoms. The third kappa shape index (κ3) is 6.08. The first-order chi connectivity index (χ1) is 14.2. The molecule has 2 saturated carbocycles. The third-order valence-electron chi connectivity index (χ3n) is 6.72. The summed E-state index contributed by atoms with van der Waals surface area (Å²) in [6.07, 6.45) is 7.92. The molecule has 2 aliphatic carbocycles. The predicted octanol–water partition coefficient (Wildman–Crippen LogP) is 3.89. The Hall–Kier alpha value is -1.38. The van der Waals surface area contributed by atoms with E-state index in [1.165, 1.54) is 31.4 Å². The molecule has 7 heteroatoms. The number of piperidine rings is 1. The monoisotopic (exact) mass is 528 g/mol. The lowest BCUT2D eigenvalue weighted by Crippen LogP contribution is -2.49. The van der Waals surface area contributed by atoms with E-state index in [-0.39, 0.29) is 24.0 Å². The van der Waals surface area contributed by atoms with Gasteiger partial charge in [-0.2, -0.15) is 0 Å². The second-order valence-corrected chi connectivity index (χ2v) is 8.77. The van der Waals surface area contributed by atoms with Crippen LogP contribution in [0.2, 0.25) is 0 Å². The minimum atomic E-state index is 0. The highest BCUT2D eigenvalue weighted by Gasteiger charge is 2.41. The molecule has 0 unspecified atom stereocenters. The van der Waals surface area contributed by atoms with E-state index in [0.717, 1.165) is 67.7 Å². The number of nitrogens with zero attached hydrogens (tertiary/aromatic N) is 2. The molecule has 0 atom stereocenters. The fourth-order valence-electron chi connectivity index (χ4n) is 4.63. The number of rotatable bonds is 8. The number of halogens is 1. The Bertz CT molecular complexity index is 679. The van der Waals surface area contributed by atoms with E-state index in [0.29, 0.717) is 6.04 Å². The molecular formula is C23H37IN4O2. The first-order valence-corrected chi connectivity index (χ1v) is 11.2. The summed E-state index contributed by atoms with van der Waals surface area (Å²) in [6.45, 7) is 3.10. The molecule has 0 bridgehead atoms. The number of hydrogen-bond donors (Lipinski definition) is 2. The zero-order valence-electron chi connectivity index (χ0n) is 18.5. The molecular weight excluding hydrogens is 491 g/mol. The van der Waals surface area contributed by atoms with Gasteiger partial charge in [0, 0.05) is 56.6 Å². The fourth-order valence-corrected chi connectivity index (χ4v) is 4.63. The highest BCUT2D eigenvalue weighted by molar-refractivity contribution is 14.0. The first kappa shape index (κ1) is 23.3. The number of ether oxygens (including phenoxy) is 2. The third-order valence-corrected chi connectivity index (χ3v) is 6.72. The Labute approximate surface area is 198 Å². The molecule has 0 aromatic heterocycles. The summed E-state index contributed by atoms with van der Waals surface area (Å²) in [5.41, 5.74) is 1.17. The number of anilines is 1. The molecule has 1 aromatic carbocycles. The second-order valence-electron chi connectivity index (χ2n) is 8.77. The van der Waals surface area contributed by atoms with Crippen LogP contribution in [-0.2, 0) is 0 Å². The van der Waals surface area contributed by atoms with Crippen LogP contribution in [0, 0.1) is 17.8 Å². The predicted molar refractivity (Wildman–Crippen MR) is 134 cm³/mol. The van der Waals surface area contributed by atoms with E-state index in [9.17, 15) is 0 Å². The van der Waals surface area contributed by atoms with Gasteiger partial charge in [-0.25, -0.2) is 0 Å². The van der Waals surface area contributed by atoms with Crippen LogP contribution in [0.5, 0.6) is 11.5 Å². The maximum atomic E-state index is 5.42. The number of hydrogen-bond acceptors (Lipinski definition) is 4. The number of benzene rings is 1. The van der Waals surface area contributed by atoms with Crippen LogP contribution in [0.1, 0.15) is 38.5 Å². The molecule has 1 aliphatic heterocycles. The van der Waals surface area contributed by atoms with Crippen molar-refractivity contribution in [3.63, 3.8) is 0 Å². The van der Waals surface area contributed by atoms with Crippen LogP contribution in [0.3, 0.4) is 0 Å². The highest BCUT2D eigenvalue weighted by atomic mass is 127. The Morgan fingerprint density at radius 1 is 1.00 bits per heavy atom. The van der Waals surface area contributed by atoms with E-state index in [1.54, 1.807) is 14.2 Å². The minimum Gasteiger partial charge on any atom is -0.497 e. The number of aliphatic imine (C=N–C) groups is 1. The zero-order valence-corrected chi connectivity index (χ0v) is 20.9. The molecule has 6 nitrogen and oxygen atoms in total. The van der Waals surface area contributed by atoms with Crippen molar-refractivity contribution in [3.8, 4) is 11.5 Å². The lowest BCUT2D eigenvalue weighted by Gasteiger charge is -2.35. The van der Waals surface area contributed by atoms with Crippen molar-refractivity contribution in [2.45, 2.75) is 44.6 Å². The van der Waals surface area contributed by atoms with Crippen LogP contribution in [0.25, 0.3) is 0 Å². The van der Waals surface area contributed by atoms with E-state index in [4.69, 9.17) is 9.47 Å². The van der Waals surface area contributed by atoms with Crippen LogP contribution >= 0.6 is 24.0 Å². The van der Waals surface area contributed by atoms with Crippen molar-refractivity contribution in [1.82, 2.24) is 10.6 Å². The van der Waals surface area contributed by atoms with E-state index >= 15 is 0 Å². The summed E-state index contributed by atoms with van der Waals surface area (Å²) in [7, 11) is 5.28. The van der Waals surface area contributed by atoms with Crippen molar-refractivity contribution in [3.05, 3.63) is 18.2 Å². The first-order valence-electron chi connectivity index (χ1n) is 11.2. The van der Waals surface area contributed by atoms with Crippen LogP contribution in [-0.4, -0.2) is 52.9 Å². The van der Waals surface area contributed by atoms with Crippen LogP contribution in [0.4, 0.5) is 5.69 Å². The van der Waals surface area contributed by atoms with Crippen molar-refractivity contribution >= 4 is 35.6 Å². The molecule has 1 aromatic rings. The maximum Gasteiger partial charge on any atom is 0.191 e. The summed E-state index contributed by atoms with van der Waals surface area (Å²) >= 11 is 0. The SMILES string of the molecule is CN=C(NCC(C1CC1)C1CC1)NC1CCN(c2cc(OC)cc(OC)c2)CC1.I. The Morgan fingerprint density at radius 3 is 2.03 bits per heavy atom. The van der Waals surface area contributed by atoms with E-state index in [2.05, 4.69) is 32.7 Å². The molecule has 2 N–H and O–H groups in total. The average molecular weight is 528 g/mol. The standard InChI is InChI=1S/C23H36N4O2.HI/c1-24-23(25-15-22(16-4-5-16)17-6-7-17)26-18-8-10-27(11-9-18)19-12-20(28-2)14-21(13-19)29-3;/h12-14,16-18,22H,4-11,15H2,1-3H3,(H2,24,25,26);1H. The zero-order chi connectivity index (χ0) is 20.2. The van der Waals surface area contributed by atoms with E-state index < -0.39 is 0 Å². The minimum absolute atomic E-state index is 0. The molecule has 3 fully saturated rings. The molecule has 1 heterocycles. The topological polar surface area (TPSA) is 58.1 Å². The molecule has 0 amide bonds. The van der Waals surface area contributed by atoms with Gasteiger partial charge in [0.05, 0.1) is 14.2 Å². The van der Waals surface area contributed by atoms with Crippen molar-refractivity contribution < 1.29 is 9.47 Å². The second kappa shape index (κ2) is 10.8. The van der Waals surface area contributed by atoms with Gasteiger partial charge in [0.15, 0.2) is 5.96 Å². The van der Waals surface area contributed by atoms with Gasteiger partial charge in [0.1, 0.15) is 11.5 Å². The van der Waals surface area contributed by atoms with Crippen molar-refractivity contribution in [2.75, 3.05) is 45.8 Å². The Morgan fingerprint density at radius 2 is 1.57 bits per heavy atom. The Balaban J connectivity index is 0.00000256. The van der Waals surface area contributed by atoms with Gasteiger partial charge in [-0.15, -0.1) is 24.0 Å². The van der Waals surface area contributed by atoms with Gasteiger partial charge in [0.2, 0.25) is 0 Å². The van der Waals surface area contributed by atoms with E-state index in [1.807, 2.05) is 13.1 Å². The van der Waals surface area contributed by atoms with Crippen molar-refractivity contribution in [2.24, 2.45) is 22.7 Å². The van der Waals surface area contributed by atoms with Gasteiger partial charge in [-0.3, -0.25) is 4.99 Å². The smallest absolute Gasteiger partial charge is 0.191 e. The molecule has 0 radical (unpaired) electrons. The highest BCUT2D eigenvalue weighted by Crippen LogP contribution is 2.48. The van der Waals surface area contributed by atoms with Gasteiger partial charge >= 0.3 is 0 Å². The molecule has 3 aliphatic rings. The number of nitrogens with one attached hydrogen (secondary N) is 2. The number of guanidine groups is 1. The summed E-state index contributed by atoms with van der Waals surface area (Å²) in [4.78, 5) is 6.90. The lowest BCUT2D eigenvalue weighted by atomic mass is 9.98. The molecule has 168 valence electrons. The molecule has 1 saturated heterocycles. The lowest BCUT2D eigenvalue weighted by molar-refractivity contribution is 0.392. The molecule has 4 rings (SSSR count). The summed E-state index contributed by atoms with van der Waals surface area (Å²) in [6, 6.07) is 6.56. The summed E-state index contributed by atoms with van der Waals surface area (Å²) < 4.78 is 10.8. The quantitative estimate of drug-likeness (QED) is 0.305. The van der Waals surface area contributed by atoms with Crippen LogP contribution < -0.4 is 25.0 Å².